The van der Waals surface area contributed by atoms with E-state index in [-0.39, 0.29) is 0 Å². The fourth-order valence-corrected chi connectivity index (χ4v) is 3.44. The highest BCUT2D eigenvalue weighted by Gasteiger charge is 2.23. The van der Waals surface area contributed by atoms with Gasteiger partial charge < -0.3 is 10.6 Å². The van der Waals surface area contributed by atoms with Crippen molar-refractivity contribution in [2.45, 2.75) is 58.0 Å². The zero-order chi connectivity index (χ0) is 11.9. The first kappa shape index (κ1) is 14.3. The molecule has 1 aliphatic rings. The lowest BCUT2D eigenvalue weighted by Gasteiger charge is -2.33. The molecule has 1 unspecified atom stereocenters. The van der Waals surface area contributed by atoms with Gasteiger partial charge >= 0.3 is 0 Å². The van der Waals surface area contributed by atoms with Gasteiger partial charge in [0.05, 0.1) is 0 Å². The van der Waals surface area contributed by atoms with Crippen LogP contribution in [-0.2, 0) is 0 Å². The van der Waals surface area contributed by atoms with Crippen molar-refractivity contribution < 1.29 is 0 Å². The van der Waals surface area contributed by atoms with Crippen molar-refractivity contribution in [3.8, 4) is 0 Å². The van der Waals surface area contributed by atoms with Crippen LogP contribution in [-0.4, -0.2) is 36.2 Å². The Bertz CT molecular complexity index is 167. The smallest absolute Gasteiger partial charge is 0.0173 e. The Hall–Kier alpha value is 0.270. The molecular weight excluding hydrogens is 216 g/mol. The topological polar surface area (TPSA) is 24.1 Å². The Morgan fingerprint density at radius 1 is 1.25 bits per heavy atom. The average Bonchev–Trinajstić information content (AvgIpc) is 2.37. The van der Waals surface area contributed by atoms with Crippen molar-refractivity contribution >= 4 is 11.8 Å². The van der Waals surface area contributed by atoms with E-state index in [4.69, 9.17) is 0 Å². The predicted molar refractivity (Wildman–Crippen MR) is 75.3 cm³/mol. The molecule has 1 saturated heterocycles. The van der Waals surface area contributed by atoms with Crippen molar-refractivity contribution in [1.82, 2.24) is 10.6 Å². The van der Waals surface area contributed by atoms with Crippen LogP contribution in [0.3, 0.4) is 0 Å². The number of hydrogen-bond donors (Lipinski definition) is 2. The van der Waals surface area contributed by atoms with Gasteiger partial charge in [0.1, 0.15) is 0 Å². The van der Waals surface area contributed by atoms with Crippen LogP contribution in [0.15, 0.2) is 0 Å². The molecule has 0 saturated carbocycles. The van der Waals surface area contributed by atoms with Gasteiger partial charge in [0.25, 0.3) is 0 Å². The second-order valence-electron chi connectivity index (χ2n) is 4.78. The Morgan fingerprint density at radius 3 is 2.44 bits per heavy atom. The molecule has 2 N–H and O–H groups in total. The van der Waals surface area contributed by atoms with Crippen LogP contribution in [0.2, 0.25) is 0 Å². The zero-order valence-corrected chi connectivity index (χ0v) is 12.0. The molecule has 0 aliphatic carbocycles. The molecule has 1 aliphatic heterocycles. The number of nitrogens with one attached hydrogen (secondary N) is 2. The highest BCUT2D eigenvalue weighted by atomic mass is 32.2. The quantitative estimate of drug-likeness (QED) is 0.720. The van der Waals surface area contributed by atoms with Gasteiger partial charge in [0, 0.05) is 29.6 Å². The summed E-state index contributed by atoms with van der Waals surface area (Å²) < 4.78 is 0. The van der Waals surface area contributed by atoms with Gasteiger partial charge in [0.15, 0.2) is 0 Å². The van der Waals surface area contributed by atoms with Crippen molar-refractivity contribution in [2.24, 2.45) is 0 Å². The number of rotatable bonds is 7. The van der Waals surface area contributed by atoms with E-state index in [1.165, 1.54) is 43.7 Å². The van der Waals surface area contributed by atoms with Gasteiger partial charge in [-0.2, -0.15) is 11.8 Å². The third-order valence-corrected chi connectivity index (χ3v) is 5.15. The Kier molecular flexibility index (Phi) is 6.78. The molecule has 0 bridgehead atoms. The first-order valence-corrected chi connectivity index (χ1v) is 7.98. The third kappa shape index (κ3) is 4.27. The fourth-order valence-electron chi connectivity index (χ4n) is 2.44. The van der Waals surface area contributed by atoms with Crippen LogP contribution < -0.4 is 10.6 Å². The molecule has 0 aromatic carbocycles. The third-order valence-electron chi connectivity index (χ3n) is 4.02. The summed E-state index contributed by atoms with van der Waals surface area (Å²) >= 11 is 2.09. The van der Waals surface area contributed by atoms with Gasteiger partial charge in [-0.1, -0.05) is 20.8 Å². The van der Waals surface area contributed by atoms with Crippen LogP contribution in [0.5, 0.6) is 0 Å². The summed E-state index contributed by atoms with van der Waals surface area (Å²) in [5.74, 6) is 2.58. The maximum Gasteiger partial charge on any atom is 0.0173 e. The molecule has 16 heavy (non-hydrogen) atoms. The molecule has 0 amide bonds. The van der Waals surface area contributed by atoms with Gasteiger partial charge in [-0.25, -0.2) is 0 Å². The van der Waals surface area contributed by atoms with Crippen molar-refractivity contribution in [2.75, 3.05) is 24.6 Å². The molecule has 2 nitrogen and oxygen atoms in total. The number of hydrogen-bond acceptors (Lipinski definition) is 3. The van der Waals surface area contributed by atoms with E-state index >= 15 is 0 Å². The molecule has 0 aromatic heterocycles. The van der Waals surface area contributed by atoms with E-state index in [0.717, 1.165) is 12.6 Å². The van der Waals surface area contributed by atoms with Crippen LogP contribution in [0.4, 0.5) is 0 Å². The summed E-state index contributed by atoms with van der Waals surface area (Å²) in [6.07, 6.45) is 5.00. The average molecular weight is 244 g/mol. The predicted octanol–water partition coefficient (Wildman–Crippen LogP) is 2.64. The molecule has 1 atom stereocenters. The van der Waals surface area contributed by atoms with Gasteiger partial charge in [-0.3, -0.25) is 0 Å². The molecular formula is C13H28N2S. The van der Waals surface area contributed by atoms with Crippen LogP contribution in [0, 0.1) is 0 Å². The zero-order valence-electron chi connectivity index (χ0n) is 11.1. The second-order valence-corrected chi connectivity index (χ2v) is 5.93. The first-order chi connectivity index (χ1) is 7.76. The Balaban J connectivity index is 2.21. The normalized spacial score (nSPS) is 22.3. The van der Waals surface area contributed by atoms with Crippen LogP contribution in [0.25, 0.3) is 0 Å². The van der Waals surface area contributed by atoms with E-state index in [0.29, 0.717) is 5.54 Å². The number of thioether (sulfide) groups is 1. The standard InChI is InChI=1S/C13H28N2S/c1-4-13(5-2,6-3)15-8-7-12-11-16-10-9-14-12/h12,14-15H,4-11H2,1-3H3. The van der Waals surface area contributed by atoms with Crippen LogP contribution >= 0.6 is 11.8 Å². The SMILES string of the molecule is CCC(CC)(CC)NCCC1CSCCN1. The summed E-state index contributed by atoms with van der Waals surface area (Å²) in [7, 11) is 0. The van der Waals surface area contributed by atoms with Crippen molar-refractivity contribution in [3.05, 3.63) is 0 Å². The minimum atomic E-state index is 0.391. The largest absolute Gasteiger partial charge is 0.312 e. The molecule has 0 aromatic rings. The first-order valence-electron chi connectivity index (χ1n) is 6.82. The summed E-state index contributed by atoms with van der Waals surface area (Å²) in [4.78, 5) is 0. The monoisotopic (exact) mass is 244 g/mol. The van der Waals surface area contributed by atoms with E-state index in [9.17, 15) is 0 Å². The molecule has 0 radical (unpaired) electrons. The minimum absolute atomic E-state index is 0.391. The maximum atomic E-state index is 3.78. The van der Waals surface area contributed by atoms with Crippen molar-refractivity contribution in [1.29, 1.82) is 0 Å². The molecule has 0 spiro atoms. The lowest BCUT2D eigenvalue weighted by molar-refractivity contribution is 0.284. The van der Waals surface area contributed by atoms with E-state index in [2.05, 4.69) is 43.2 Å². The Morgan fingerprint density at radius 2 is 1.94 bits per heavy atom. The van der Waals surface area contributed by atoms with Gasteiger partial charge in [0.2, 0.25) is 0 Å². The summed E-state index contributed by atoms with van der Waals surface area (Å²) in [5, 5.41) is 7.38. The Labute approximate surface area is 105 Å². The van der Waals surface area contributed by atoms with Gasteiger partial charge in [-0.15, -0.1) is 0 Å². The molecule has 1 rings (SSSR count). The fraction of sp³-hybridized carbons (Fsp3) is 1.00. The molecule has 96 valence electrons. The van der Waals surface area contributed by atoms with E-state index in [1.807, 2.05) is 0 Å². The molecule has 1 fully saturated rings. The summed E-state index contributed by atoms with van der Waals surface area (Å²) in [5.41, 5.74) is 0.391. The highest BCUT2D eigenvalue weighted by Crippen LogP contribution is 2.19. The van der Waals surface area contributed by atoms with E-state index < -0.39 is 0 Å². The van der Waals surface area contributed by atoms with Crippen LogP contribution in [0.1, 0.15) is 46.5 Å². The second kappa shape index (κ2) is 7.57. The molecule has 3 heteroatoms. The minimum Gasteiger partial charge on any atom is -0.312 e. The maximum absolute atomic E-state index is 3.78. The molecule has 1 heterocycles. The highest BCUT2D eigenvalue weighted by molar-refractivity contribution is 7.99. The van der Waals surface area contributed by atoms with Crippen molar-refractivity contribution in [3.63, 3.8) is 0 Å². The summed E-state index contributed by atoms with van der Waals surface area (Å²) in [6, 6.07) is 0.731. The lowest BCUT2D eigenvalue weighted by atomic mass is 9.89. The lowest BCUT2D eigenvalue weighted by Crippen LogP contribution is -2.46. The summed E-state index contributed by atoms with van der Waals surface area (Å²) in [6.45, 7) is 9.25. The van der Waals surface area contributed by atoms with Gasteiger partial charge in [-0.05, 0) is 32.2 Å². The van der Waals surface area contributed by atoms with E-state index in [1.54, 1.807) is 0 Å².